The first kappa shape index (κ1) is 19.1. The number of Topliss-reactive ketones (excluding diaryl/α,β-unsaturated/α-hetero) is 1. The minimum absolute atomic E-state index is 0.0339. The number of hydrogen-bond donors (Lipinski definition) is 0. The summed E-state index contributed by atoms with van der Waals surface area (Å²) in [4.78, 5) is 12.8. The zero-order valence-electron chi connectivity index (χ0n) is 16.2. The van der Waals surface area contributed by atoms with E-state index in [-0.39, 0.29) is 23.4 Å². The number of carbonyl (C=O) groups is 1. The first-order valence-corrected chi connectivity index (χ1v) is 10.9. The Kier molecular flexibility index (Phi) is 5.16. The van der Waals surface area contributed by atoms with Gasteiger partial charge >= 0.3 is 0 Å². The van der Waals surface area contributed by atoms with Crippen LogP contribution in [0, 0.1) is 5.82 Å². The van der Waals surface area contributed by atoms with Crippen molar-refractivity contribution in [2.24, 2.45) is 0 Å². The van der Waals surface area contributed by atoms with Crippen LogP contribution in [0.1, 0.15) is 35.7 Å². The van der Waals surface area contributed by atoms with Crippen molar-refractivity contribution in [2.75, 3.05) is 19.0 Å². The molecule has 1 aliphatic heterocycles. The predicted octanol–water partition coefficient (Wildman–Crippen LogP) is 4.56. The van der Waals surface area contributed by atoms with Crippen LogP contribution < -0.4 is 9.47 Å². The van der Waals surface area contributed by atoms with Gasteiger partial charge in [0, 0.05) is 18.0 Å². The van der Waals surface area contributed by atoms with Crippen LogP contribution >= 0.6 is 11.8 Å². The van der Waals surface area contributed by atoms with Crippen LogP contribution in [0.3, 0.4) is 0 Å². The van der Waals surface area contributed by atoms with E-state index in [1.807, 2.05) is 4.57 Å². The summed E-state index contributed by atoms with van der Waals surface area (Å²) in [6.45, 7) is 1.18. The van der Waals surface area contributed by atoms with Gasteiger partial charge in [-0.15, -0.1) is 10.2 Å². The summed E-state index contributed by atoms with van der Waals surface area (Å²) in [6, 6.07) is 12.1. The van der Waals surface area contributed by atoms with Crippen molar-refractivity contribution in [3.63, 3.8) is 0 Å². The third-order valence-electron chi connectivity index (χ3n) is 5.09. The van der Waals surface area contributed by atoms with Crippen molar-refractivity contribution in [1.82, 2.24) is 14.8 Å². The van der Waals surface area contributed by atoms with Crippen LogP contribution in [0.15, 0.2) is 47.6 Å². The lowest BCUT2D eigenvalue weighted by atomic mass is 10.1. The summed E-state index contributed by atoms with van der Waals surface area (Å²) in [5, 5.41) is 9.12. The van der Waals surface area contributed by atoms with Gasteiger partial charge in [-0.2, -0.15) is 0 Å². The fourth-order valence-corrected chi connectivity index (χ4v) is 4.31. The number of thioether (sulfide) groups is 1. The zero-order valence-corrected chi connectivity index (χ0v) is 17.0. The van der Waals surface area contributed by atoms with Crippen molar-refractivity contribution in [3.8, 4) is 22.9 Å². The molecular formula is C22H20FN3O3S. The number of ketones is 1. The molecule has 0 radical (unpaired) electrons. The normalized spacial score (nSPS) is 15.6. The molecule has 3 aromatic rings. The van der Waals surface area contributed by atoms with Gasteiger partial charge in [-0.25, -0.2) is 4.39 Å². The van der Waals surface area contributed by atoms with E-state index < -0.39 is 0 Å². The molecule has 0 amide bonds. The lowest BCUT2D eigenvalue weighted by Gasteiger charge is -2.10. The smallest absolute Gasteiger partial charge is 0.192 e. The Hall–Kier alpha value is -2.87. The first-order chi connectivity index (χ1) is 14.7. The Morgan fingerprint density at radius 3 is 2.70 bits per heavy atom. The van der Waals surface area contributed by atoms with Crippen LogP contribution in [-0.2, 0) is 0 Å². The molecule has 6 nitrogen and oxygen atoms in total. The number of rotatable bonds is 6. The molecule has 1 aromatic heterocycles. The molecule has 0 spiro atoms. The molecule has 0 bridgehead atoms. The lowest BCUT2D eigenvalue weighted by molar-refractivity contribution is 0.102. The van der Waals surface area contributed by atoms with Crippen LogP contribution in [0.4, 0.5) is 4.39 Å². The van der Waals surface area contributed by atoms with Gasteiger partial charge in [0.05, 0.1) is 24.5 Å². The highest BCUT2D eigenvalue weighted by Gasteiger charge is 2.31. The van der Waals surface area contributed by atoms with Crippen molar-refractivity contribution in [2.45, 2.75) is 30.5 Å². The fraction of sp³-hybridized carbons (Fsp3) is 0.318. The quantitative estimate of drug-likeness (QED) is 0.426. The highest BCUT2D eigenvalue weighted by Crippen LogP contribution is 2.41. The molecule has 1 saturated carbocycles. The molecule has 1 fully saturated rings. The summed E-state index contributed by atoms with van der Waals surface area (Å²) in [5.41, 5.74) is 0.997. The van der Waals surface area contributed by atoms with Crippen molar-refractivity contribution >= 4 is 17.5 Å². The number of hydrogen-bond acceptors (Lipinski definition) is 6. The van der Waals surface area contributed by atoms with E-state index in [4.69, 9.17) is 9.47 Å². The number of fused-ring (bicyclic) bond motifs is 1. The molecule has 2 aromatic carbocycles. The molecular weight excluding hydrogens is 405 g/mol. The fourth-order valence-electron chi connectivity index (χ4n) is 3.41. The standard InChI is InChI=1S/C22H20FN3O3S/c23-17-5-2-1-4-16(17)21-24-25-22(26(21)15-7-8-15)30-13-18(27)14-6-9-19-20(12-14)29-11-3-10-28-19/h1-2,4-6,9,12,15H,3,7-8,10-11,13H2. The van der Waals surface area contributed by atoms with E-state index >= 15 is 0 Å². The van der Waals surface area contributed by atoms with Crippen LogP contribution in [0.25, 0.3) is 11.4 Å². The largest absolute Gasteiger partial charge is 0.490 e. The SMILES string of the molecule is O=C(CSc1nnc(-c2ccccc2F)n1C1CC1)c1ccc2c(c1)OCCCO2. The van der Waals surface area contributed by atoms with Crippen LogP contribution in [-0.4, -0.2) is 39.5 Å². The van der Waals surface area contributed by atoms with Crippen LogP contribution in [0.2, 0.25) is 0 Å². The highest BCUT2D eigenvalue weighted by atomic mass is 32.2. The van der Waals surface area contributed by atoms with E-state index in [0.717, 1.165) is 19.3 Å². The van der Waals surface area contributed by atoms with Gasteiger partial charge in [-0.05, 0) is 43.2 Å². The third-order valence-corrected chi connectivity index (χ3v) is 6.04. The number of aromatic nitrogens is 3. The van der Waals surface area contributed by atoms with Gasteiger partial charge in [-0.3, -0.25) is 9.36 Å². The number of halogens is 1. The molecule has 5 rings (SSSR count). The van der Waals surface area contributed by atoms with Gasteiger partial charge < -0.3 is 9.47 Å². The molecule has 0 unspecified atom stereocenters. The summed E-state index contributed by atoms with van der Waals surface area (Å²) < 4.78 is 27.5. The minimum Gasteiger partial charge on any atom is -0.490 e. The summed E-state index contributed by atoms with van der Waals surface area (Å²) >= 11 is 1.33. The molecule has 154 valence electrons. The molecule has 30 heavy (non-hydrogen) atoms. The third kappa shape index (κ3) is 3.79. The average molecular weight is 425 g/mol. The molecule has 0 saturated heterocycles. The topological polar surface area (TPSA) is 66.2 Å². The molecule has 1 aliphatic carbocycles. The minimum atomic E-state index is -0.327. The summed E-state index contributed by atoms with van der Waals surface area (Å²) in [6.07, 6.45) is 2.82. The molecule has 8 heteroatoms. The van der Waals surface area contributed by atoms with E-state index in [1.165, 1.54) is 17.8 Å². The van der Waals surface area contributed by atoms with Crippen molar-refractivity contribution < 1.29 is 18.7 Å². The molecule has 2 aliphatic rings. The monoisotopic (exact) mass is 425 g/mol. The lowest BCUT2D eigenvalue weighted by Crippen LogP contribution is -2.06. The summed E-state index contributed by atoms with van der Waals surface area (Å²) in [7, 11) is 0. The van der Waals surface area contributed by atoms with Crippen LogP contribution in [0.5, 0.6) is 11.5 Å². The van der Waals surface area contributed by atoms with E-state index in [0.29, 0.717) is 46.8 Å². The Morgan fingerprint density at radius 1 is 1.10 bits per heavy atom. The number of carbonyl (C=O) groups excluding carboxylic acids is 1. The van der Waals surface area contributed by atoms with E-state index in [2.05, 4.69) is 10.2 Å². The van der Waals surface area contributed by atoms with Gasteiger partial charge in [0.25, 0.3) is 0 Å². The molecule has 2 heterocycles. The van der Waals surface area contributed by atoms with Crippen molar-refractivity contribution in [3.05, 3.63) is 53.8 Å². The second-order valence-electron chi connectivity index (χ2n) is 7.31. The summed E-state index contributed by atoms with van der Waals surface area (Å²) in [5.74, 6) is 1.63. The maximum absolute atomic E-state index is 14.3. The highest BCUT2D eigenvalue weighted by molar-refractivity contribution is 7.99. The predicted molar refractivity (Wildman–Crippen MR) is 111 cm³/mol. The number of benzene rings is 2. The number of nitrogens with zero attached hydrogens (tertiary/aromatic N) is 3. The van der Waals surface area contributed by atoms with Gasteiger partial charge in [0.2, 0.25) is 0 Å². The van der Waals surface area contributed by atoms with E-state index in [9.17, 15) is 9.18 Å². The van der Waals surface area contributed by atoms with E-state index in [1.54, 1.807) is 36.4 Å². The Bertz CT molecular complexity index is 1100. The first-order valence-electron chi connectivity index (χ1n) is 9.96. The zero-order chi connectivity index (χ0) is 20.5. The Labute approximate surface area is 177 Å². The average Bonchev–Trinajstić information content (AvgIpc) is 3.55. The molecule has 0 N–H and O–H groups in total. The van der Waals surface area contributed by atoms with Gasteiger partial charge in [0.1, 0.15) is 5.82 Å². The van der Waals surface area contributed by atoms with Gasteiger partial charge in [0.15, 0.2) is 28.3 Å². The maximum Gasteiger partial charge on any atom is 0.192 e. The maximum atomic E-state index is 14.3. The van der Waals surface area contributed by atoms with Crippen molar-refractivity contribution in [1.29, 1.82) is 0 Å². The molecule has 0 atom stereocenters. The Balaban J connectivity index is 1.35. The van der Waals surface area contributed by atoms with Gasteiger partial charge in [-0.1, -0.05) is 23.9 Å². The Morgan fingerprint density at radius 2 is 1.90 bits per heavy atom. The number of ether oxygens (including phenoxy) is 2. The second kappa shape index (κ2) is 8.10. The second-order valence-corrected chi connectivity index (χ2v) is 8.25.